The van der Waals surface area contributed by atoms with Crippen LogP contribution >= 0.6 is 11.8 Å². The molecule has 1 aromatic heterocycles. The zero-order valence-electron chi connectivity index (χ0n) is 16.2. The SMILES string of the molecule is CC(=O)SC1CCN(C(C(=O)C2CC2)c2ccccc2F)C/C1=C\c1ccno1. The van der Waals surface area contributed by atoms with Crippen molar-refractivity contribution in [3.63, 3.8) is 0 Å². The molecule has 7 heteroatoms. The molecule has 2 unspecified atom stereocenters. The number of thioether (sulfide) groups is 1. The summed E-state index contributed by atoms with van der Waals surface area (Å²) in [6.07, 6.45) is 5.91. The van der Waals surface area contributed by atoms with Crippen LogP contribution in [0.5, 0.6) is 0 Å². The van der Waals surface area contributed by atoms with Crippen LogP contribution in [0.4, 0.5) is 4.39 Å². The summed E-state index contributed by atoms with van der Waals surface area (Å²) in [6, 6.07) is 7.68. The van der Waals surface area contributed by atoms with Crippen molar-refractivity contribution in [2.24, 2.45) is 5.92 Å². The number of benzene rings is 1. The van der Waals surface area contributed by atoms with Crippen LogP contribution in [-0.2, 0) is 9.59 Å². The molecule has 0 amide bonds. The lowest BCUT2D eigenvalue weighted by atomic mass is 9.93. The zero-order chi connectivity index (χ0) is 20.4. The van der Waals surface area contributed by atoms with Gasteiger partial charge in [0, 0.05) is 42.8 Å². The Morgan fingerprint density at radius 3 is 2.72 bits per heavy atom. The normalized spacial score (nSPS) is 22.6. The summed E-state index contributed by atoms with van der Waals surface area (Å²) in [5, 5.41) is 3.79. The molecule has 1 aliphatic heterocycles. The first kappa shape index (κ1) is 20.0. The predicted molar refractivity (Wildman–Crippen MR) is 110 cm³/mol. The van der Waals surface area contributed by atoms with E-state index in [2.05, 4.69) is 5.16 Å². The Morgan fingerprint density at radius 2 is 2.07 bits per heavy atom. The number of Topliss-reactive ketones (excluding diaryl/α,β-unsaturated/α-hetero) is 1. The van der Waals surface area contributed by atoms with Crippen LogP contribution in [0.25, 0.3) is 6.08 Å². The van der Waals surface area contributed by atoms with Gasteiger partial charge in [-0.2, -0.15) is 0 Å². The van der Waals surface area contributed by atoms with Crippen molar-refractivity contribution in [3.05, 3.63) is 59.2 Å². The van der Waals surface area contributed by atoms with E-state index in [0.717, 1.165) is 18.4 Å². The van der Waals surface area contributed by atoms with Crippen molar-refractivity contribution in [3.8, 4) is 0 Å². The number of likely N-dealkylation sites (tertiary alicyclic amines) is 1. The van der Waals surface area contributed by atoms with Crippen LogP contribution < -0.4 is 0 Å². The Hall–Kier alpha value is -2.25. The van der Waals surface area contributed by atoms with Crippen molar-refractivity contribution >= 4 is 28.7 Å². The van der Waals surface area contributed by atoms with E-state index in [9.17, 15) is 14.0 Å². The summed E-state index contributed by atoms with van der Waals surface area (Å²) in [5.41, 5.74) is 1.42. The Balaban J connectivity index is 1.66. The van der Waals surface area contributed by atoms with Gasteiger partial charge in [-0.15, -0.1) is 0 Å². The third-order valence-corrected chi connectivity index (χ3v) is 6.54. The Bertz CT molecular complexity index is 924. The highest BCUT2D eigenvalue weighted by atomic mass is 32.2. The lowest BCUT2D eigenvalue weighted by Gasteiger charge is -2.38. The lowest BCUT2D eigenvalue weighted by molar-refractivity contribution is -0.126. The largest absolute Gasteiger partial charge is 0.357 e. The van der Waals surface area contributed by atoms with Crippen LogP contribution in [0.2, 0.25) is 0 Å². The monoisotopic (exact) mass is 414 g/mol. The average molecular weight is 415 g/mol. The second-order valence-electron chi connectivity index (χ2n) is 7.59. The standard InChI is InChI=1S/C22H23FN2O3S/c1-14(26)29-20-9-11-25(13-16(20)12-17-8-10-24-28-17)21(22(27)15-6-7-15)18-4-2-3-5-19(18)23/h2-5,8,10,12,15,20-21H,6-7,9,11,13H2,1H3/b16-12+. The van der Waals surface area contributed by atoms with Gasteiger partial charge in [0.25, 0.3) is 0 Å². The van der Waals surface area contributed by atoms with Crippen molar-refractivity contribution in [2.75, 3.05) is 13.1 Å². The van der Waals surface area contributed by atoms with Gasteiger partial charge in [0.15, 0.2) is 16.7 Å². The molecule has 4 rings (SSSR count). The number of rotatable bonds is 6. The van der Waals surface area contributed by atoms with Gasteiger partial charge in [-0.25, -0.2) is 4.39 Å². The van der Waals surface area contributed by atoms with Gasteiger partial charge in [0.2, 0.25) is 0 Å². The maximum Gasteiger partial charge on any atom is 0.186 e. The third-order valence-electron chi connectivity index (χ3n) is 5.39. The van der Waals surface area contributed by atoms with Crippen LogP contribution in [0, 0.1) is 11.7 Å². The van der Waals surface area contributed by atoms with Gasteiger partial charge in [-0.1, -0.05) is 35.1 Å². The van der Waals surface area contributed by atoms with Crippen LogP contribution in [-0.4, -0.2) is 39.3 Å². The van der Waals surface area contributed by atoms with Gasteiger partial charge in [0.1, 0.15) is 5.82 Å². The van der Waals surface area contributed by atoms with E-state index < -0.39 is 6.04 Å². The molecule has 2 heterocycles. The van der Waals surface area contributed by atoms with Crippen LogP contribution in [0.15, 0.2) is 46.6 Å². The molecule has 5 nitrogen and oxygen atoms in total. The first-order valence-electron chi connectivity index (χ1n) is 9.83. The van der Waals surface area contributed by atoms with E-state index in [1.807, 2.05) is 11.0 Å². The van der Waals surface area contributed by atoms with Crippen molar-refractivity contribution in [1.82, 2.24) is 10.1 Å². The molecule has 152 valence electrons. The minimum atomic E-state index is -0.606. The number of carbonyl (C=O) groups excluding carboxylic acids is 2. The number of ketones is 1. The average Bonchev–Trinajstić information content (AvgIpc) is 3.42. The number of piperidine rings is 1. The maximum atomic E-state index is 14.6. The number of nitrogens with zero attached hydrogens (tertiary/aromatic N) is 2. The number of hydrogen-bond donors (Lipinski definition) is 0. The van der Waals surface area contributed by atoms with E-state index in [4.69, 9.17) is 4.52 Å². The molecular weight excluding hydrogens is 391 g/mol. The van der Waals surface area contributed by atoms with E-state index in [-0.39, 0.29) is 27.9 Å². The summed E-state index contributed by atoms with van der Waals surface area (Å²) in [4.78, 5) is 26.9. The van der Waals surface area contributed by atoms with Gasteiger partial charge >= 0.3 is 0 Å². The molecule has 2 atom stereocenters. The van der Waals surface area contributed by atoms with Crippen molar-refractivity contribution in [2.45, 2.75) is 37.5 Å². The molecule has 2 fully saturated rings. The predicted octanol–water partition coefficient (Wildman–Crippen LogP) is 4.27. The van der Waals surface area contributed by atoms with Gasteiger partial charge < -0.3 is 4.52 Å². The quantitative estimate of drug-likeness (QED) is 0.703. The second-order valence-corrected chi connectivity index (χ2v) is 8.97. The summed E-state index contributed by atoms with van der Waals surface area (Å²) >= 11 is 1.29. The number of hydrogen-bond acceptors (Lipinski definition) is 6. The first-order chi connectivity index (χ1) is 14.0. The molecule has 0 spiro atoms. The molecule has 1 saturated heterocycles. The molecule has 29 heavy (non-hydrogen) atoms. The van der Waals surface area contributed by atoms with E-state index in [0.29, 0.717) is 30.8 Å². The second kappa shape index (κ2) is 8.63. The number of carbonyl (C=O) groups is 2. The summed E-state index contributed by atoms with van der Waals surface area (Å²) in [5.74, 6) is 0.358. The van der Waals surface area contributed by atoms with Gasteiger partial charge in [-0.05, 0) is 37.0 Å². The minimum absolute atomic E-state index is 0.00569. The lowest BCUT2D eigenvalue weighted by Crippen LogP contribution is -2.43. The van der Waals surface area contributed by atoms with Crippen LogP contribution in [0.1, 0.15) is 43.6 Å². The fraction of sp³-hybridized carbons (Fsp3) is 0.409. The molecule has 1 saturated carbocycles. The fourth-order valence-electron chi connectivity index (χ4n) is 3.88. The van der Waals surface area contributed by atoms with E-state index >= 15 is 0 Å². The molecule has 0 bridgehead atoms. The fourth-order valence-corrected chi connectivity index (χ4v) is 4.80. The molecule has 0 N–H and O–H groups in total. The smallest absolute Gasteiger partial charge is 0.186 e. The molecule has 2 aromatic rings. The highest BCUT2D eigenvalue weighted by Crippen LogP contribution is 2.40. The molecule has 1 aliphatic carbocycles. The molecule has 0 radical (unpaired) electrons. The van der Waals surface area contributed by atoms with Gasteiger partial charge in [0.05, 0.1) is 12.2 Å². The van der Waals surface area contributed by atoms with Crippen molar-refractivity contribution < 1.29 is 18.5 Å². The zero-order valence-corrected chi connectivity index (χ0v) is 17.0. The van der Waals surface area contributed by atoms with E-state index in [1.54, 1.807) is 37.4 Å². The Labute approximate surface area is 173 Å². The third kappa shape index (κ3) is 4.67. The van der Waals surface area contributed by atoms with Gasteiger partial charge in [-0.3, -0.25) is 14.5 Å². The molecule has 2 aliphatic rings. The number of halogens is 1. The van der Waals surface area contributed by atoms with E-state index in [1.165, 1.54) is 17.8 Å². The molecular formula is C22H23FN2O3S. The highest BCUT2D eigenvalue weighted by molar-refractivity contribution is 8.14. The topological polar surface area (TPSA) is 63.4 Å². The van der Waals surface area contributed by atoms with Crippen molar-refractivity contribution in [1.29, 1.82) is 0 Å². The Morgan fingerprint density at radius 1 is 1.28 bits per heavy atom. The Kier molecular flexibility index (Phi) is 5.96. The molecule has 1 aromatic carbocycles. The van der Waals surface area contributed by atoms with Crippen LogP contribution in [0.3, 0.4) is 0 Å². The number of aromatic nitrogens is 1. The minimum Gasteiger partial charge on any atom is -0.357 e. The highest BCUT2D eigenvalue weighted by Gasteiger charge is 2.41. The summed E-state index contributed by atoms with van der Waals surface area (Å²) in [6.45, 7) is 2.65. The first-order valence-corrected chi connectivity index (χ1v) is 10.7. The maximum absolute atomic E-state index is 14.6. The summed E-state index contributed by atoms with van der Waals surface area (Å²) in [7, 11) is 0. The summed E-state index contributed by atoms with van der Waals surface area (Å²) < 4.78 is 19.8.